The van der Waals surface area contributed by atoms with Gasteiger partial charge in [0.25, 0.3) is 5.91 Å². The molecule has 0 fully saturated rings. The Balaban J connectivity index is 2.25. The molecular formula is C16H17NO2. The fourth-order valence-corrected chi connectivity index (χ4v) is 2.05. The van der Waals surface area contributed by atoms with Crippen molar-refractivity contribution in [1.82, 2.24) is 0 Å². The van der Waals surface area contributed by atoms with Gasteiger partial charge < -0.3 is 10.4 Å². The molecule has 0 bridgehead atoms. The van der Waals surface area contributed by atoms with Crippen LogP contribution < -0.4 is 5.32 Å². The van der Waals surface area contributed by atoms with Gasteiger partial charge in [0.1, 0.15) is 5.75 Å². The summed E-state index contributed by atoms with van der Waals surface area (Å²) < 4.78 is 0. The van der Waals surface area contributed by atoms with E-state index in [4.69, 9.17) is 0 Å². The van der Waals surface area contributed by atoms with Gasteiger partial charge in [-0.15, -0.1) is 0 Å². The number of aromatic hydroxyl groups is 1. The maximum Gasteiger partial charge on any atom is 0.255 e. The van der Waals surface area contributed by atoms with Crippen LogP contribution in [0.15, 0.2) is 36.4 Å². The van der Waals surface area contributed by atoms with Gasteiger partial charge in [0.15, 0.2) is 0 Å². The van der Waals surface area contributed by atoms with Crippen molar-refractivity contribution >= 4 is 11.6 Å². The lowest BCUT2D eigenvalue weighted by atomic mass is 10.0. The van der Waals surface area contributed by atoms with E-state index in [9.17, 15) is 9.90 Å². The Labute approximate surface area is 112 Å². The maximum absolute atomic E-state index is 12.2. The smallest absolute Gasteiger partial charge is 0.255 e. The van der Waals surface area contributed by atoms with Crippen LogP contribution in [0.5, 0.6) is 5.75 Å². The normalized spacial score (nSPS) is 10.3. The molecule has 2 aromatic rings. The molecular weight excluding hydrogens is 238 g/mol. The van der Waals surface area contributed by atoms with Crippen LogP contribution in [0.1, 0.15) is 27.0 Å². The zero-order valence-electron chi connectivity index (χ0n) is 11.3. The second kappa shape index (κ2) is 5.14. The van der Waals surface area contributed by atoms with E-state index >= 15 is 0 Å². The lowest BCUT2D eigenvalue weighted by Gasteiger charge is -2.10. The summed E-state index contributed by atoms with van der Waals surface area (Å²) in [6.07, 6.45) is 0. The van der Waals surface area contributed by atoms with E-state index in [1.165, 1.54) is 0 Å². The van der Waals surface area contributed by atoms with Crippen molar-refractivity contribution in [1.29, 1.82) is 0 Å². The molecule has 0 saturated heterocycles. The van der Waals surface area contributed by atoms with Crippen LogP contribution in [0.25, 0.3) is 0 Å². The number of phenolic OH excluding ortho intramolecular Hbond substituents is 1. The van der Waals surface area contributed by atoms with Crippen molar-refractivity contribution in [3.05, 3.63) is 58.7 Å². The van der Waals surface area contributed by atoms with E-state index < -0.39 is 0 Å². The lowest BCUT2D eigenvalue weighted by molar-refractivity contribution is 0.102. The van der Waals surface area contributed by atoms with E-state index in [0.29, 0.717) is 11.3 Å². The largest absolute Gasteiger partial charge is 0.508 e. The SMILES string of the molecule is Cc1ccc(C(=O)Nc2ccc(O)cc2C)c(C)c1. The Morgan fingerprint density at radius 1 is 1.00 bits per heavy atom. The van der Waals surface area contributed by atoms with Gasteiger partial charge in [0, 0.05) is 11.3 Å². The molecule has 0 spiro atoms. The van der Waals surface area contributed by atoms with E-state index in [1.54, 1.807) is 18.2 Å². The van der Waals surface area contributed by atoms with E-state index in [-0.39, 0.29) is 11.7 Å². The van der Waals surface area contributed by atoms with Crippen LogP contribution in [0, 0.1) is 20.8 Å². The van der Waals surface area contributed by atoms with Crippen LogP contribution in [0.4, 0.5) is 5.69 Å². The van der Waals surface area contributed by atoms with Crippen molar-refractivity contribution in [2.75, 3.05) is 5.32 Å². The number of aryl methyl sites for hydroxylation is 3. The Kier molecular flexibility index (Phi) is 3.56. The first kappa shape index (κ1) is 13.1. The summed E-state index contributed by atoms with van der Waals surface area (Å²) in [4.78, 5) is 12.2. The molecule has 1 amide bonds. The molecule has 0 unspecified atom stereocenters. The number of hydrogen-bond acceptors (Lipinski definition) is 2. The van der Waals surface area contributed by atoms with Crippen molar-refractivity contribution in [2.45, 2.75) is 20.8 Å². The molecule has 0 heterocycles. The number of phenols is 1. The minimum absolute atomic E-state index is 0.133. The third-order valence-electron chi connectivity index (χ3n) is 3.08. The highest BCUT2D eigenvalue weighted by molar-refractivity contribution is 6.05. The highest BCUT2D eigenvalue weighted by atomic mass is 16.3. The first-order valence-corrected chi connectivity index (χ1v) is 6.15. The Morgan fingerprint density at radius 3 is 2.37 bits per heavy atom. The summed E-state index contributed by atoms with van der Waals surface area (Å²) in [5.41, 5.74) is 4.29. The number of benzene rings is 2. The quantitative estimate of drug-likeness (QED) is 0.806. The molecule has 0 aromatic heterocycles. The van der Waals surface area contributed by atoms with Gasteiger partial charge >= 0.3 is 0 Å². The standard InChI is InChI=1S/C16H17NO2/c1-10-4-6-14(11(2)8-10)16(19)17-15-7-5-13(18)9-12(15)3/h4-9,18H,1-3H3,(H,17,19). The molecule has 2 N–H and O–H groups in total. The minimum atomic E-state index is -0.133. The first-order chi connectivity index (χ1) is 8.97. The van der Waals surface area contributed by atoms with Gasteiger partial charge in [-0.1, -0.05) is 17.7 Å². The third kappa shape index (κ3) is 2.94. The summed E-state index contributed by atoms with van der Waals surface area (Å²) in [6, 6.07) is 10.6. The predicted molar refractivity (Wildman–Crippen MR) is 76.7 cm³/mol. The molecule has 0 saturated carbocycles. The summed E-state index contributed by atoms with van der Waals surface area (Å²) in [7, 11) is 0. The zero-order chi connectivity index (χ0) is 14.0. The highest BCUT2D eigenvalue weighted by Gasteiger charge is 2.10. The van der Waals surface area contributed by atoms with Crippen molar-refractivity contribution in [2.24, 2.45) is 0 Å². The van der Waals surface area contributed by atoms with Gasteiger partial charge in [-0.3, -0.25) is 4.79 Å². The zero-order valence-corrected chi connectivity index (χ0v) is 11.3. The van der Waals surface area contributed by atoms with Gasteiger partial charge in [-0.25, -0.2) is 0 Å². The second-order valence-corrected chi connectivity index (χ2v) is 4.77. The number of rotatable bonds is 2. The monoisotopic (exact) mass is 255 g/mol. The predicted octanol–water partition coefficient (Wildman–Crippen LogP) is 3.57. The van der Waals surface area contributed by atoms with Gasteiger partial charge in [0.05, 0.1) is 0 Å². The number of amides is 1. The molecule has 0 aliphatic heterocycles. The number of carbonyl (C=O) groups is 1. The number of carbonyl (C=O) groups excluding carboxylic acids is 1. The van der Waals surface area contributed by atoms with Crippen LogP contribution in [0.3, 0.4) is 0 Å². The van der Waals surface area contributed by atoms with Crippen LogP contribution in [-0.4, -0.2) is 11.0 Å². The molecule has 0 aliphatic carbocycles. The van der Waals surface area contributed by atoms with Crippen molar-refractivity contribution < 1.29 is 9.90 Å². The summed E-state index contributed by atoms with van der Waals surface area (Å²) >= 11 is 0. The summed E-state index contributed by atoms with van der Waals surface area (Å²) in [6.45, 7) is 5.77. The molecule has 19 heavy (non-hydrogen) atoms. The average molecular weight is 255 g/mol. The summed E-state index contributed by atoms with van der Waals surface area (Å²) in [5.74, 6) is 0.0632. The van der Waals surface area contributed by atoms with Crippen LogP contribution in [-0.2, 0) is 0 Å². The Hall–Kier alpha value is -2.29. The van der Waals surface area contributed by atoms with Gasteiger partial charge in [0.2, 0.25) is 0 Å². The average Bonchev–Trinajstić information content (AvgIpc) is 2.32. The number of hydrogen-bond donors (Lipinski definition) is 2. The molecule has 0 aliphatic rings. The van der Waals surface area contributed by atoms with Crippen LogP contribution >= 0.6 is 0 Å². The van der Waals surface area contributed by atoms with Gasteiger partial charge in [-0.2, -0.15) is 0 Å². The molecule has 0 atom stereocenters. The van der Waals surface area contributed by atoms with Crippen molar-refractivity contribution in [3.8, 4) is 5.75 Å². The van der Waals surface area contributed by atoms with E-state index in [1.807, 2.05) is 39.0 Å². The topological polar surface area (TPSA) is 49.3 Å². The maximum atomic E-state index is 12.2. The molecule has 2 aromatic carbocycles. The Morgan fingerprint density at radius 2 is 1.74 bits per heavy atom. The van der Waals surface area contributed by atoms with Crippen molar-refractivity contribution in [3.63, 3.8) is 0 Å². The highest BCUT2D eigenvalue weighted by Crippen LogP contribution is 2.21. The minimum Gasteiger partial charge on any atom is -0.508 e. The third-order valence-corrected chi connectivity index (χ3v) is 3.08. The molecule has 3 nitrogen and oxygen atoms in total. The summed E-state index contributed by atoms with van der Waals surface area (Å²) in [5, 5.41) is 12.2. The fourth-order valence-electron chi connectivity index (χ4n) is 2.05. The molecule has 3 heteroatoms. The molecule has 2 rings (SSSR count). The van der Waals surface area contributed by atoms with Crippen LogP contribution in [0.2, 0.25) is 0 Å². The number of nitrogens with one attached hydrogen (secondary N) is 1. The van der Waals surface area contributed by atoms with E-state index in [0.717, 1.165) is 16.7 Å². The lowest BCUT2D eigenvalue weighted by Crippen LogP contribution is -2.14. The first-order valence-electron chi connectivity index (χ1n) is 6.15. The molecule has 0 radical (unpaired) electrons. The van der Waals surface area contributed by atoms with Gasteiger partial charge in [-0.05, 0) is 56.2 Å². The number of anilines is 1. The second-order valence-electron chi connectivity index (χ2n) is 4.77. The Bertz CT molecular complexity index is 633. The van der Waals surface area contributed by atoms with E-state index in [2.05, 4.69) is 5.32 Å². The fraction of sp³-hybridized carbons (Fsp3) is 0.188. The molecule has 98 valence electrons.